The van der Waals surface area contributed by atoms with E-state index in [-0.39, 0.29) is 6.61 Å². The minimum absolute atomic E-state index is 0.0962. The molecule has 0 fully saturated rings. The molecular formula is C13H12N2O4. The van der Waals surface area contributed by atoms with E-state index < -0.39 is 17.4 Å². The average Bonchev–Trinajstić information content (AvgIpc) is 2.83. The maximum atomic E-state index is 11.5. The van der Waals surface area contributed by atoms with Crippen molar-refractivity contribution in [3.63, 3.8) is 0 Å². The third-order valence-electron chi connectivity index (χ3n) is 2.63. The minimum Gasteiger partial charge on any atom is -0.505 e. The van der Waals surface area contributed by atoms with E-state index in [2.05, 4.69) is 14.9 Å². The number of nitrogens with zero attached hydrogens (tertiary/aromatic N) is 1. The Bertz CT molecular complexity index is 657. The summed E-state index contributed by atoms with van der Waals surface area (Å²) in [7, 11) is 0. The zero-order valence-corrected chi connectivity index (χ0v) is 10.2. The first-order valence-corrected chi connectivity index (χ1v) is 5.69. The van der Waals surface area contributed by atoms with Gasteiger partial charge in [0.1, 0.15) is 0 Å². The van der Waals surface area contributed by atoms with Gasteiger partial charge in [-0.15, -0.1) is 4.91 Å². The highest BCUT2D eigenvalue weighted by molar-refractivity contribution is 6.00. The molecule has 0 aliphatic heterocycles. The summed E-state index contributed by atoms with van der Waals surface area (Å²) in [6.07, 6.45) is 1.50. The van der Waals surface area contributed by atoms with Crippen LogP contribution in [0.15, 0.2) is 41.3 Å². The number of aromatic nitrogens is 1. The van der Waals surface area contributed by atoms with Crippen LogP contribution in [0.3, 0.4) is 0 Å². The Labute approximate surface area is 108 Å². The monoisotopic (exact) mass is 260 g/mol. The van der Waals surface area contributed by atoms with Crippen LogP contribution >= 0.6 is 0 Å². The Morgan fingerprint density at radius 3 is 2.84 bits per heavy atom. The maximum Gasteiger partial charge on any atom is 0.364 e. The highest BCUT2D eigenvalue weighted by Gasteiger charge is 2.21. The summed E-state index contributed by atoms with van der Waals surface area (Å²) in [4.78, 5) is 25.1. The number of benzene rings is 1. The van der Waals surface area contributed by atoms with E-state index in [4.69, 9.17) is 0 Å². The topological polar surface area (TPSA) is 91.8 Å². The second kappa shape index (κ2) is 5.34. The molecule has 0 saturated heterocycles. The zero-order chi connectivity index (χ0) is 13.8. The predicted octanol–water partition coefficient (Wildman–Crippen LogP) is 2.72. The third kappa shape index (κ3) is 2.33. The molecule has 0 atom stereocenters. The lowest BCUT2D eigenvalue weighted by atomic mass is 10.1. The van der Waals surface area contributed by atoms with E-state index in [1.165, 1.54) is 6.20 Å². The van der Waals surface area contributed by atoms with Gasteiger partial charge in [0.25, 0.3) is 0 Å². The minimum atomic E-state index is -0.944. The highest BCUT2D eigenvalue weighted by Crippen LogP contribution is 2.26. The number of aromatic amines is 1. The van der Waals surface area contributed by atoms with Gasteiger partial charge in [-0.25, -0.2) is 4.79 Å². The van der Waals surface area contributed by atoms with Crippen LogP contribution < -0.4 is 0 Å². The van der Waals surface area contributed by atoms with Crippen molar-refractivity contribution >= 4 is 22.6 Å². The lowest BCUT2D eigenvalue weighted by Gasteiger charge is -2.03. The molecule has 1 aromatic heterocycles. The SMILES string of the molecule is CCOC(=O)/C(N=O)=C(/O)c1c[nH]c2ccccc12. The van der Waals surface area contributed by atoms with E-state index in [1.807, 2.05) is 12.1 Å². The number of esters is 1. The van der Waals surface area contributed by atoms with Gasteiger partial charge in [0.15, 0.2) is 5.76 Å². The molecule has 2 rings (SSSR count). The van der Waals surface area contributed by atoms with Crippen LogP contribution in [-0.2, 0) is 9.53 Å². The molecule has 19 heavy (non-hydrogen) atoms. The number of hydrogen-bond donors (Lipinski definition) is 2. The summed E-state index contributed by atoms with van der Waals surface area (Å²) >= 11 is 0. The second-order valence-electron chi connectivity index (χ2n) is 3.76. The van der Waals surface area contributed by atoms with Gasteiger partial charge in [-0.3, -0.25) is 0 Å². The normalized spacial score (nSPS) is 12.1. The molecule has 1 aromatic carbocycles. The summed E-state index contributed by atoms with van der Waals surface area (Å²) in [5.74, 6) is -1.44. The van der Waals surface area contributed by atoms with Gasteiger partial charge in [0.05, 0.1) is 6.61 Å². The van der Waals surface area contributed by atoms with Crippen LogP contribution in [0.1, 0.15) is 12.5 Å². The third-order valence-corrected chi connectivity index (χ3v) is 2.63. The zero-order valence-electron chi connectivity index (χ0n) is 10.2. The molecule has 6 nitrogen and oxygen atoms in total. The van der Waals surface area contributed by atoms with Crippen molar-refractivity contribution < 1.29 is 14.6 Å². The van der Waals surface area contributed by atoms with Crippen molar-refractivity contribution in [2.75, 3.05) is 6.61 Å². The van der Waals surface area contributed by atoms with Crippen LogP contribution in [0, 0.1) is 4.91 Å². The molecule has 2 N–H and O–H groups in total. The predicted molar refractivity (Wildman–Crippen MR) is 70.3 cm³/mol. The fourth-order valence-corrected chi connectivity index (χ4v) is 1.77. The Morgan fingerprint density at radius 1 is 1.42 bits per heavy atom. The molecule has 0 unspecified atom stereocenters. The summed E-state index contributed by atoms with van der Waals surface area (Å²) in [5.41, 5.74) is 0.475. The van der Waals surface area contributed by atoms with E-state index in [0.29, 0.717) is 10.9 Å². The number of aliphatic hydroxyl groups excluding tert-OH is 1. The van der Waals surface area contributed by atoms with Crippen LogP contribution in [0.2, 0.25) is 0 Å². The van der Waals surface area contributed by atoms with E-state index in [9.17, 15) is 14.8 Å². The first-order chi connectivity index (χ1) is 9.19. The van der Waals surface area contributed by atoms with Crippen molar-refractivity contribution in [1.82, 2.24) is 4.98 Å². The first-order valence-electron chi connectivity index (χ1n) is 5.69. The molecule has 0 saturated carbocycles. The first kappa shape index (κ1) is 12.8. The van der Waals surface area contributed by atoms with Gasteiger partial charge >= 0.3 is 5.97 Å². The maximum absolute atomic E-state index is 11.5. The molecule has 0 bridgehead atoms. The van der Waals surface area contributed by atoms with Gasteiger partial charge < -0.3 is 14.8 Å². The number of hydrogen-bond acceptors (Lipinski definition) is 5. The van der Waals surface area contributed by atoms with Crippen molar-refractivity contribution in [1.29, 1.82) is 0 Å². The van der Waals surface area contributed by atoms with Crippen molar-refractivity contribution in [2.45, 2.75) is 6.92 Å². The molecule has 2 aromatic rings. The Morgan fingerprint density at radius 2 is 2.16 bits per heavy atom. The fourth-order valence-electron chi connectivity index (χ4n) is 1.77. The molecule has 0 spiro atoms. The lowest BCUT2D eigenvalue weighted by Crippen LogP contribution is -2.08. The number of rotatable bonds is 4. The molecule has 0 aliphatic carbocycles. The Hall–Kier alpha value is -2.63. The molecule has 0 aliphatic rings. The molecule has 6 heteroatoms. The Balaban J connectivity index is 2.55. The van der Waals surface area contributed by atoms with Crippen molar-refractivity contribution in [3.05, 3.63) is 46.6 Å². The van der Waals surface area contributed by atoms with Crippen LogP contribution in [0.5, 0.6) is 0 Å². The average molecular weight is 260 g/mol. The number of carbonyl (C=O) groups excluding carboxylic acids is 1. The standard InChI is InChI=1S/C13H12N2O4/c1-2-19-13(17)11(15-18)12(16)9-7-14-10-6-4-3-5-8(9)10/h3-7,14,16H,2H2,1H3/b12-11-. The van der Waals surface area contributed by atoms with Gasteiger partial charge in [-0.05, 0) is 18.2 Å². The summed E-state index contributed by atoms with van der Waals surface area (Å²) < 4.78 is 4.67. The van der Waals surface area contributed by atoms with Gasteiger partial charge in [0.2, 0.25) is 5.70 Å². The smallest absolute Gasteiger partial charge is 0.364 e. The summed E-state index contributed by atoms with van der Waals surface area (Å²) in [5, 5.41) is 13.3. The number of H-pyrrole nitrogens is 1. The lowest BCUT2D eigenvalue weighted by molar-refractivity contribution is -0.138. The van der Waals surface area contributed by atoms with Crippen LogP contribution in [0.4, 0.5) is 0 Å². The number of para-hydroxylation sites is 1. The summed E-state index contributed by atoms with van der Waals surface area (Å²) in [6.45, 7) is 1.70. The quantitative estimate of drug-likeness (QED) is 0.382. The number of fused-ring (bicyclic) bond motifs is 1. The highest BCUT2D eigenvalue weighted by atomic mass is 16.5. The number of carbonyl (C=O) groups is 1. The van der Waals surface area contributed by atoms with E-state index in [1.54, 1.807) is 19.1 Å². The number of aliphatic hydroxyl groups is 1. The molecule has 98 valence electrons. The fraction of sp³-hybridized carbons (Fsp3) is 0.154. The van der Waals surface area contributed by atoms with E-state index >= 15 is 0 Å². The van der Waals surface area contributed by atoms with Crippen molar-refractivity contribution in [3.8, 4) is 0 Å². The van der Waals surface area contributed by atoms with Crippen LogP contribution in [0.25, 0.3) is 16.7 Å². The number of ether oxygens (including phenoxy) is 1. The molecule has 1 heterocycles. The van der Waals surface area contributed by atoms with Gasteiger partial charge in [-0.2, -0.15) is 0 Å². The van der Waals surface area contributed by atoms with Gasteiger partial charge in [0, 0.05) is 22.7 Å². The van der Waals surface area contributed by atoms with E-state index in [0.717, 1.165) is 5.52 Å². The van der Waals surface area contributed by atoms with Crippen molar-refractivity contribution in [2.24, 2.45) is 5.18 Å². The summed E-state index contributed by atoms with van der Waals surface area (Å²) in [6, 6.07) is 7.17. The Kier molecular flexibility index (Phi) is 3.61. The second-order valence-corrected chi connectivity index (χ2v) is 3.76. The molecule has 0 amide bonds. The molecular weight excluding hydrogens is 248 g/mol. The van der Waals surface area contributed by atoms with Gasteiger partial charge in [-0.1, -0.05) is 18.2 Å². The largest absolute Gasteiger partial charge is 0.505 e. The van der Waals surface area contributed by atoms with Crippen LogP contribution in [-0.4, -0.2) is 22.7 Å². The number of nitroso groups, excluding NO2 is 1. The molecule has 0 radical (unpaired) electrons. The number of nitrogens with one attached hydrogen (secondary N) is 1.